The van der Waals surface area contributed by atoms with E-state index in [0.29, 0.717) is 99.7 Å². The van der Waals surface area contributed by atoms with Crippen LogP contribution in [0, 0.1) is 57.9 Å². The zero-order valence-electron chi connectivity index (χ0n) is 79.5. The van der Waals surface area contributed by atoms with Gasteiger partial charge in [-0.05, 0) is 220 Å². The van der Waals surface area contributed by atoms with Crippen molar-refractivity contribution in [2.75, 3.05) is 39.6 Å². The van der Waals surface area contributed by atoms with Crippen molar-refractivity contribution in [1.82, 2.24) is 0 Å². The fraction of sp³-hybridized carbons (Fsp3) is 0.310. The van der Waals surface area contributed by atoms with Crippen LogP contribution in [-0.4, -0.2) is 136 Å². The summed E-state index contributed by atoms with van der Waals surface area (Å²) in [6.07, 6.45) is 11.9. The van der Waals surface area contributed by atoms with Crippen LogP contribution in [-0.2, 0) is 38.5 Å². The van der Waals surface area contributed by atoms with Gasteiger partial charge in [0.05, 0.1) is 38.4 Å². The molecule has 762 valence electrons. The molecule has 0 unspecified atom stereocenters. The number of aryl methyl sites for hydroxylation is 10. The van der Waals surface area contributed by atoms with E-state index in [1.54, 1.807) is 68.4 Å². The van der Waals surface area contributed by atoms with Crippen LogP contribution in [0.5, 0.6) is 103 Å². The number of aromatic hydroxyl groups is 12. The first kappa shape index (κ1) is 119. The normalized spacial score (nSPS) is 10.3. The summed E-state index contributed by atoms with van der Waals surface area (Å²) < 4.78 is 86.1. The molecular weight excluding hydrogens is 1850 g/mol. The van der Waals surface area contributed by atoms with Crippen molar-refractivity contribution in [3.8, 4) is 103 Å². The Morgan fingerprint density at radius 2 is 0.563 bits per heavy atom. The van der Waals surface area contributed by atoms with Gasteiger partial charge in [-0.2, -0.15) is 0 Å². The lowest BCUT2D eigenvalue weighted by Crippen LogP contribution is -2.13. The predicted octanol–water partition coefficient (Wildman–Crippen LogP) is 25.7. The van der Waals surface area contributed by atoms with E-state index in [4.69, 9.17) is 40.0 Å². The summed E-state index contributed by atoms with van der Waals surface area (Å²) in [5.41, 5.74) is 7.40. The third kappa shape index (κ3) is 36.4. The molecule has 0 heterocycles. The average molecular weight is 1980 g/mol. The Balaban J connectivity index is 0.000000354. The van der Waals surface area contributed by atoms with Gasteiger partial charge in [0.25, 0.3) is 0 Å². The minimum atomic E-state index is -0.768. The van der Waals surface area contributed by atoms with Crippen LogP contribution in [0.25, 0.3) is 0 Å². The molecule has 24 nitrogen and oxygen atoms in total. The summed E-state index contributed by atoms with van der Waals surface area (Å²) in [5.74, 6) is -5.05. The summed E-state index contributed by atoms with van der Waals surface area (Å²) in [6.45, 7) is 18.7. The van der Waals surface area contributed by atoms with Gasteiger partial charge in [-0.3, -0.25) is 28.8 Å². The fourth-order valence-electron chi connectivity index (χ4n) is 13.8. The van der Waals surface area contributed by atoms with Gasteiger partial charge in [0.15, 0.2) is 51.2 Å². The molecule has 142 heavy (non-hydrogen) atoms. The highest BCUT2D eigenvalue weighted by Gasteiger charge is 2.25. The molecule has 0 saturated carbocycles. The second kappa shape index (κ2) is 59.5. The van der Waals surface area contributed by atoms with Gasteiger partial charge in [0, 0.05) is 60.2 Å². The molecular formula is C113H131ClF4O24. The van der Waals surface area contributed by atoms with Gasteiger partial charge in [-0.1, -0.05) is 181 Å². The molecule has 0 saturated heterocycles. The van der Waals surface area contributed by atoms with Gasteiger partial charge in [-0.25, -0.2) is 17.6 Å². The number of rotatable bonds is 39. The molecule has 0 aliphatic heterocycles. The number of para-hydroxylation sites is 2. The van der Waals surface area contributed by atoms with Gasteiger partial charge in [0.2, 0.25) is 34.7 Å². The van der Waals surface area contributed by atoms with Crippen molar-refractivity contribution >= 4 is 46.3 Å². The van der Waals surface area contributed by atoms with E-state index in [2.05, 4.69) is 6.92 Å². The number of hydrogen-bond acceptors (Lipinski definition) is 24. The maximum Gasteiger partial charge on any atom is 0.203 e. The Morgan fingerprint density at radius 3 is 0.901 bits per heavy atom. The van der Waals surface area contributed by atoms with Crippen molar-refractivity contribution in [1.29, 1.82) is 0 Å². The summed E-state index contributed by atoms with van der Waals surface area (Å²) in [5, 5.41) is 118. The number of unbranched alkanes of at least 4 members (excludes halogenated alkanes) is 3. The molecule has 29 heteroatoms. The van der Waals surface area contributed by atoms with E-state index < -0.39 is 53.8 Å². The average Bonchev–Trinajstić information content (AvgIpc) is 0.827. The Labute approximate surface area is 832 Å². The summed E-state index contributed by atoms with van der Waals surface area (Å²) >= 11 is 5.95. The van der Waals surface area contributed by atoms with E-state index >= 15 is 0 Å². The van der Waals surface area contributed by atoms with Crippen LogP contribution >= 0.6 is 11.6 Å². The van der Waals surface area contributed by atoms with Crippen molar-refractivity contribution in [3.63, 3.8) is 0 Å². The second-order valence-corrected chi connectivity index (χ2v) is 33.1. The Bertz CT molecular complexity index is 6090. The molecule has 0 bridgehead atoms. The number of benzene rings is 12. The van der Waals surface area contributed by atoms with Crippen molar-refractivity contribution in [3.05, 3.63) is 317 Å². The molecule has 12 aromatic carbocycles. The second-order valence-electron chi connectivity index (χ2n) is 32.7. The highest BCUT2D eigenvalue weighted by Crippen LogP contribution is 2.37. The molecule has 12 rings (SSSR count). The zero-order valence-corrected chi connectivity index (χ0v) is 80.2. The molecule has 0 amide bonds. The van der Waals surface area contributed by atoms with E-state index in [0.717, 1.165) is 98.7 Å². The minimum Gasteiger partial charge on any atom is -0.508 e. The van der Waals surface area contributed by atoms with Crippen LogP contribution in [0.4, 0.5) is 17.6 Å². The van der Waals surface area contributed by atoms with Crippen LogP contribution < -0.4 is 28.4 Å². The largest absolute Gasteiger partial charge is 0.508 e. The lowest BCUT2D eigenvalue weighted by molar-refractivity contribution is 0.0909. The van der Waals surface area contributed by atoms with Gasteiger partial charge in [-0.15, -0.1) is 0 Å². The van der Waals surface area contributed by atoms with Gasteiger partial charge < -0.3 is 89.7 Å². The number of Topliss-reactive ketones (excluding diaryl/α,β-unsaturated/α-hetero) is 6. The summed E-state index contributed by atoms with van der Waals surface area (Å²) in [4.78, 5) is 73.4. The van der Waals surface area contributed by atoms with E-state index in [1.807, 2.05) is 84.9 Å². The van der Waals surface area contributed by atoms with E-state index in [-0.39, 0.29) is 191 Å². The SMILES string of the molecule is C.C.C.CCCCCCc1cc(C(=O)COc2ccc(C)c(F)c2)c(O)cc1O.CCCc1cc(C(=O)COc2cc(F)c(C)c(F)c2)c(O)cc1O.CCCc1cc(C(=O)COc2ccc(C)cc2F)c(O)cc1O.CCCc1cc(C(=O)COc2cccc(C)c2)c(O)cc1O.CCCc1cc(C(=O)COc2ccccc2C)c(O)cc1O.CCCc1cc(C(=O)COc2ccccc2Cl)c(O)cc1O. The van der Waals surface area contributed by atoms with E-state index in [1.165, 1.54) is 85.8 Å². The predicted molar refractivity (Wildman–Crippen MR) is 543 cm³/mol. The molecule has 12 N–H and O–H groups in total. The van der Waals surface area contributed by atoms with Gasteiger partial charge in [0.1, 0.15) is 115 Å². The van der Waals surface area contributed by atoms with Gasteiger partial charge >= 0.3 is 0 Å². The first-order chi connectivity index (χ1) is 66.2. The smallest absolute Gasteiger partial charge is 0.203 e. The number of phenols is 12. The van der Waals surface area contributed by atoms with Crippen molar-refractivity contribution < 1.29 is 136 Å². The monoisotopic (exact) mass is 1980 g/mol. The maximum absolute atomic E-state index is 13.7. The minimum absolute atomic E-state index is 0. The zero-order chi connectivity index (χ0) is 102. The molecule has 12 aromatic rings. The lowest BCUT2D eigenvalue weighted by atomic mass is 10.0. The number of hydrogen-bond donors (Lipinski definition) is 12. The van der Waals surface area contributed by atoms with Crippen molar-refractivity contribution in [2.24, 2.45) is 0 Å². The highest BCUT2D eigenvalue weighted by molar-refractivity contribution is 6.32. The third-order valence-corrected chi connectivity index (χ3v) is 21.8. The lowest BCUT2D eigenvalue weighted by Gasteiger charge is -2.11. The molecule has 0 radical (unpaired) electrons. The molecule has 0 spiro atoms. The highest BCUT2D eigenvalue weighted by atomic mass is 35.5. The maximum atomic E-state index is 13.7. The Morgan fingerprint density at radius 1 is 0.254 bits per heavy atom. The number of phenolic OH excluding ortho intramolecular Hbond substituents is 12. The number of carbonyl (C=O) groups excluding carboxylic acids is 6. The fourth-order valence-corrected chi connectivity index (χ4v) is 14.0. The first-order valence-electron chi connectivity index (χ1n) is 45.3. The quantitative estimate of drug-likeness (QED) is 0.00967. The van der Waals surface area contributed by atoms with Crippen LogP contribution in [0.1, 0.15) is 245 Å². The summed E-state index contributed by atoms with van der Waals surface area (Å²) in [6, 6.07) is 48.5. The molecule has 0 fully saturated rings. The third-order valence-electron chi connectivity index (χ3n) is 21.5. The number of ketones is 6. The summed E-state index contributed by atoms with van der Waals surface area (Å²) in [7, 11) is 0. The molecule has 0 aliphatic rings. The first-order valence-corrected chi connectivity index (χ1v) is 45.7. The number of ether oxygens (including phenoxy) is 6. The van der Waals surface area contributed by atoms with Crippen LogP contribution in [0.3, 0.4) is 0 Å². The number of carbonyl (C=O) groups is 6. The Kier molecular flexibility index (Phi) is 50.0. The molecule has 0 aromatic heterocycles. The van der Waals surface area contributed by atoms with Crippen LogP contribution in [0.15, 0.2) is 194 Å². The Hall–Kier alpha value is -14.9. The topological polar surface area (TPSA) is 401 Å². The van der Waals surface area contributed by atoms with E-state index in [9.17, 15) is 108 Å². The standard InChI is InChI=1S/C21H25FO4.C18H18F2O4.C18H19FO4.2C18H20O4.C17H17ClO4.3CH4/c1-3-4-5-6-7-15-10-17(20(24)12-19(15)23)21(25)13-26-16-9-8-14(2)18(22)11-16;1-3-4-11-5-13(17(22)8-16(11)21)18(23)9-24-12-6-14(19)10(2)15(20)7-12;1-3-4-12-8-13(16(21)9-15(12)20)17(22)10-23-18-6-5-11(2)7-14(18)19;1-3-6-13-9-14(16(20)10-15(13)19)17(21)11-22-18-8-5-4-7-12(18)2;1-3-5-13-9-15(17(20)10-16(13)19)18(21)11-22-14-7-4-6-12(2)8-14;1-2-5-11-8-12(15(20)9-14(11)19)16(21)10-22-17-7-4-3-6-13(17)18;;;/h8-12,23-24H,3-7,13H2,1-2H3;5-8,21-22H,3-4,9H2,1-2H3;5-9,20-21H,3-4,10H2,1-2H3;4-5,7-10,19-20H,3,6,11H2,1-2H3;4,6-10,19-20H,3,5,11H2,1-2H3;3-4,6-9,19-20H,2,5,10H2,1H3;3*1H4. The van der Waals surface area contributed by atoms with Crippen molar-refractivity contribution in [2.45, 2.75) is 195 Å². The van der Waals surface area contributed by atoms with Crippen LogP contribution in [0.2, 0.25) is 5.02 Å². The molecule has 0 aliphatic carbocycles. The number of halogens is 5. The molecule has 0 atom stereocenters.